The van der Waals surface area contributed by atoms with Crippen molar-refractivity contribution < 1.29 is 5.11 Å². The van der Waals surface area contributed by atoms with Crippen LogP contribution in [-0.2, 0) is 0 Å². The van der Waals surface area contributed by atoms with Crippen molar-refractivity contribution in [3.8, 4) is 5.75 Å². The van der Waals surface area contributed by atoms with Crippen molar-refractivity contribution in [3.63, 3.8) is 0 Å². The van der Waals surface area contributed by atoms with E-state index in [-0.39, 0.29) is 11.5 Å². The fourth-order valence-electron chi connectivity index (χ4n) is 2.47. The second-order valence-electron chi connectivity index (χ2n) is 6.57. The summed E-state index contributed by atoms with van der Waals surface area (Å²) in [6.07, 6.45) is 0. The molecule has 0 aliphatic heterocycles. The molecule has 19 heavy (non-hydrogen) atoms. The fraction of sp³-hybridized carbons (Fsp3) is 0.625. The van der Waals surface area contributed by atoms with Crippen molar-refractivity contribution in [1.82, 2.24) is 10.2 Å². The maximum Gasteiger partial charge on any atom is 0.120 e. The molecule has 1 atom stereocenters. The number of aromatic hydroxyl groups is 1. The van der Waals surface area contributed by atoms with Crippen LogP contribution in [0.25, 0.3) is 0 Å². The van der Waals surface area contributed by atoms with Crippen LogP contribution in [0.1, 0.15) is 37.9 Å². The van der Waals surface area contributed by atoms with Crippen molar-refractivity contribution in [3.05, 3.63) is 29.3 Å². The smallest absolute Gasteiger partial charge is 0.120 e. The van der Waals surface area contributed by atoms with Gasteiger partial charge in [0.15, 0.2) is 0 Å². The zero-order valence-corrected chi connectivity index (χ0v) is 13.1. The maximum absolute atomic E-state index is 9.99. The number of nitrogens with zero attached hydrogens (tertiary/aromatic N) is 1. The number of phenols is 1. The van der Waals surface area contributed by atoms with Crippen molar-refractivity contribution in [2.75, 3.05) is 27.2 Å². The van der Waals surface area contributed by atoms with Crippen LogP contribution in [0, 0.1) is 12.3 Å². The summed E-state index contributed by atoms with van der Waals surface area (Å²) in [5.74, 6) is 0.380. The average molecular weight is 264 g/mol. The van der Waals surface area contributed by atoms with Gasteiger partial charge in [0, 0.05) is 24.7 Å². The summed E-state index contributed by atoms with van der Waals surface area (Å²) < 4.78 is 0. The van der Waals surface area contributed by atoms with E-state index in [0.29, 0.717) is 5.75 Å². The lowest BCUT2D eigenvalue weighted by Gasteiger charge is -2.30. The number of nitrogens with one attached hydrogen (secondary N) is 1. The largest absolute Gasteiger partial charge is 0.508 e. The summed E-state index contributed by atoms with van der Waals surface area (Å²) in [5, 5.41) is 13.5. The van der Waals surface area contributed by atoms with Crippen molar-refractivity contribution in [2.45, 2.75) is 33.7 Å². The predicted octanol–water partition coefficient (Wildman–Crippen LogP) is 2.94. The normalized spacial score (nSPS) is 13.8. The Bertz CT molecular complexity index is 413. The van der Waals surface area contributed by atoms with E-state index in [1.165, 1.54) is 0 Å². The molecule has 0 aliphatic carbocycles. The number of hydrogen-bond acceptors (Lipinski definition) is 3. The number of benzene rings is 1. The van der Waals surface area contributed by atoms with Gasteiger partial charge in [-0.25, -0.2) is 0 Å². The summed E-state index contributed by atoms with van der Waals surface area (Å²) in [4.78, 5) is 2.20. The minimum atomic E-state index is 0.155. The van der Waals surface area contributed by atoms with E-state index in [2.05, 4.69) is 45.1 Å². The number of rotatable bonds is 6. The molecule has 0 saturated carbocycles. The third kappa shape index (κ3) is 5.21. The van der Waals surface area contributed by atoms with Gasteiger partial charge < -0.3 is 15.3 Å². The van der Waals surface area contributed by atoms with Crippen molar-refractivity contribution in [1.29, 1.82) is 0 Å². The standard InChI is InChI=1S/C16H28N2O/c1-12-7-8-14(15(19)9-12)13(2)17-10-16(3,4)11-18(5)6/h7-9,13,17,19H,10-11H2,1-6H3. The van der Waals surface area contributed by atoms with Gasteiger partial charge in [0.25, 0.3) is 0 Å². The van der Waals surface area contributed by atoms with Gasteiger partial charge in [-0.1, -0.05) is 26.0 Å². The molecule has 1 aromatic rings. The topological polar surface area (TPSA) is 35.5 Å². The number of aryl methyl sites for hydroxylation is 1. The van der Waals surface area contributed by atoms with E-state index >= 15 is 0 Å². The molecule has 0 radical (unpaired) electrons. The molecule has 0 fully saturated rings. The van der Waals surface area contributed by atoms with Crippen LogP contribution in [-0.4, -0.2) is 37.2 Å². The zero-order chi connectivity index (χ0) is 14.6. The molecule has 3 heteroatoms. The third-order valence-corrected chi connectivity index (χ3v) is 3.28. The highest BCUT2D eigenvalue weighted by atomic mass is 16.3. The molecule has 0 spiro atoms. The molecule has 0 heterocycles. The molecule has 1 aromatic carbocycles. The lowest BCUT2D eigenvalue weighted by Crippen LogP contribution is -2.38. The summed E-state index contributed by atoms with van der Waals surface area (Å²) >= 11 is 0. The minimum absolute atomic E-state index is 0.155. The Balaban J connectivity index is 2.62. The monoisotopic (exact) mass is 264 g/mol. The minimum Gasteiger partial charge on any atom is -0.508 e. The van der Waals surface area contributed by atoms with Gasteiger partial charge in [-0.05, 0) is 45.0 Å². The van der Waals surface area contributed by atoms with Crippen molar-refractivity contribution in [2.24, 2.45) is 5.41 Å². The second-order valence-corrected chi connectivity index (χ2v) is 6.57. The van der Waals surface area contributed by atoms with Gasteiger partial charge in [0.05, 0.1) is 0 Å². The Morgan fingerprint density at radius 1 is 1.32 bits per heavy atom. The second kappa shape index (κ2) is 6.40. The highest BCUT2D eigenvalue weighted by Gasteiger charge is 2.20. The zero-order valence-electron chi connectivity index (χ0n) is 13.1. The lowest BCUT2D eigenvalue weighted by atomic mass is 9.92. The Morgan fingerprint density at radius 2 is 1.95 bits per heavy atom. The van der Waals surface area contributed by atoms with E-state index in [4.69, 9.17) is 0 Å². The highest BCUT2D eigenvalue weighted by molar-refractivity contribution is 5.37. The van der Waals surface area contributed by atoms with Crippen LogP contribution < -0.4 is 5.32 Å². The van der Waals surface area contributed by atoms with E-state index in [1.807, 2.05) is 25.1 Å². The molecule has 0 saturated heterocycles. The first-order valence-corrected chi connectivity index (χ1v) is 6.89. The molecule has 2 N–H and O–H groups in total. The SMILES string of the molecule is Cc1ccc(C(C)NCC(C)(C)CN(C)C)c(O)c1. The average Bonchev–Trinajstić information content (AvgIpc) is 2.24. The number of phenolic OH excluding ortho intramolecular Hbond substituents is 1. The molecule has 0 amide bonds. The van der Waals surface area contributed by atoms with Crippen LogP contribution in [0.4, 0.5) is 0 Å². The van der Waals surface area contributed by atoms with Gasteiger partial charge in [-0.3, -0.25) is 0 Å². The van der Waals surface area contributed by atoms with Gasteiger partial charge in [-0.15, -0.1) is 0 Å². The Hall–Kier alpha value is -1.06. The summed E-state index contributed by atoms with van der Waals surface area (Å²) in [7, 11) is 4.19. The highest BCUT2D eigenvalue weighted by Crippen LogP contribution is 2.26. The number of hydrogen-bond donors (Lipinski definition) is 2. The molecule has 3 nitrogen and oxygen atoms in total. The molecule has 0 aromatic heterocycles. The molecule has 0 aliphatic rings. The maximum atomic E-state index is 9.99. The predicted molar refractivity (Wildman–Crippen MR) is 81.6 cm³/mol. The Morgan fingerprint density at radius 3 is 2.47 bits per heavy atom. The fourth-order valence-corrected chi connectivity index (χ4v) is 2.47. The quantitative estimate of drug-likeness (QED) is 0.829. The Kier molecular flexibility index (Phi) is 5.39. The summed E-state index contributed by atoms with van der Waals surface area (Å²) in [6, 6.07) is 6.01. The molecular formula is C16H28N2O. The van der Waals surface area contributed by atoms with Gasteiger partial charge in [0.1, 0.15) is 5.75 Å². The first-order valence-electron chi connectivity index (χ1n) is 6.89. The lowest BCUT2D eigenvalue weighted by molar-refractivity contribution is 0.226. The Labute approximate surface area is 117 Å². The first-order chi connectivity index (χ1) is 8.71. The van der Waals surface area contributed by atoms with Crippen LogP contribution in [0.3, 0.4) is 0 Å². The molecule has 108 valence electrons. The first kappa shape index (κ1) is 16.0. The molecule has 1 unspecified atom stereocenters. The van der Waals surface area contributed by atoms with Gasteiger partial charge >= 0.3 is 0 Å². The van der Waals surface area contributed by atoms with E-state index < -0.39 is 0 Å². The van der Waals surface area contributed by atoms with Crippen molar-refractivity contribution >= 4 is 0 Å². The van der Waals surface area contributed by atoms with E-state index in [9.17, 15) is 5.11 Å². The van der Waals surface area contributed by atoms with Crippen LogP contribution in [0.15, 0.2) is 18.2 Å². The van der Waals surface area contributed by atoms with Crippen LogP contribution >= 0.6 is 0 Å². The summed E-state index contributed by atoms with van der Waals surface area (Å²) in [6.45, 7) is 10.5. The van der Waals surface area contributed by atoms with E-state index in [1.54, 1.807) is 0 Å². The van der Waals surface area contributed by atoms with Gasteiger partial charge in [0.2, 0.25) is 0 Å². The third-order valence-electron chi connectivity index (χ3n) is 3.28. The van der Waals surface area contributed by atoms with Gasteiger partial charge in [-0.2, -0.15) is 0 Å². The van der Waals surface area contributed by atoms with Crippen LogP contribution in [0.5, 0.6) is 5.75 Å². The molecule has 0 bridgehead atoms. The summed E-state index contributed by atoms with van der Waals surface area (Å²) in [5.41, 5.74) is 2.26. The molecule has 1 rings (SSSR count). The van der Waals surface area contributed by atoms with E-state index in [0.717, 1.165) is 24.2 Å². The molecular weight excluding hydrogens is 236 g/mol. The van der Waals surface area contributed by atoms with Crippen LogP contribution in [0.2, 0.25) is 0 Å².